The largest absolute Gasteiger partial charge is 0.353 e. The van der Waals surface area contributed by atoms with Crippen LogP contribution in [0, 0.1) is 5.92 Å². The maximum absolute atomic E-state index is 12.5. The van der Waals surface area contributed by atoms with Crippen molar-refractivity contribution in [2.45, 2.75) is 77.3 Å². The summed E-state index contributed by atoms with van der Waals surface area (Å²) in [6, 6.07) is 0.205. The number of hydrogen-bond donors (Lipinski definition) is 2. The zero-order chi connectivity index (χ0) is 20.6. The molecule has 1 saturated heterocycles. The van der Waals surface area contributed by atoms with Crippen molar-refractivity contribution in [3.05, 3.63) is 16.6 Å². The monoisotopic (exact) mass is 400 g/mol. The Morgan fingerprint density at radius 2 is 1.83 bits per heavy atom. The van der Waals surface area contributed by atoms with Crippen LogP contribution in [0.1, 0.15) is 65.7 Å². The number of anilines is 1. The van der Waals surface area contributed by atoms with Crippen molar-refractivity contribution in [1.29, 1.82) is 0 Å². The number of aromatic nitrogens is 4. The first-order valence-corrected chi connectivity index (χ1v) is 10.9. The number of rotatable bonds is 3. The SMILES string of the molecule is CC(C)(C)n1ncc2c(=O)[nH]c(N3CCC(NC(=O)C4CCCCC4)CC3)nc21. The lowest BCUT2D eigenvalue weighted by molar-refractivity contribution is -0.126. The van der Waals surface area contributed by atoms with Gasteiger partial charge in [-0.25, -0.2) is 4.68 Å². The van der Waals surface area contributed by atoms with Crippen molar-refractivity contribution < 1.29 is 4.79 Å². The molecule has 0 spiro atoms. The van der Waals surface area contributed by atoms with Gasteiger partial charge in [-0.1, -0.05) is 19.3 Å². The summed E-state index contributed by atoms with van der Waals surface area (Å²) in [6.07, 6.45) is 8.95. The summed E-state index contributed by atoms with van der Waals surface area (Å²) in [5, 5.41) is 8.14. The average Bonchev–Trinajstić information content (AvgIpc) is 3.14. The van der Waals surface area contributed by atoms with Crippen molar-refractivity contribution in [3.8, 4) is 0 Å². The number of fused-ring (bicyclic) bond motifs is 1. The topological polar surface area (TPSA) is 95.9 Å². The van der Waals surface area contributed by atoms with E-state index in [1.54, 1.807) is 10.9 Å². The van der Waals surface area contributed by atoms with Gasteiger partial charge in [0.1, 0.15) is 5.39 Å². The molecular formula is C21H32N6O2. The van der Waals surface area contributed by atoms with Gasteiger partial charge in [0, 0.05) is 25.0 Å². The van der Waals surface area contributed by atoms with Crippen LogP contribution in [-0.2, 0) is 10.3 Å². The molecule has 158 valence electrons. The first kappa shape index (κ1) is 19.9. The van der Waals surface area contributed by atoms with Gasteiger partial charge in [0.2, 0.25) is 11.9 Å². The first-order chi connectivity index (χ1) is 13.8. The smallest absolute Gasteiger partial charge is 0.263 e. The number of carbonyl (C=O) groups is 1. The van der Waals surface area contributed by atoms with Crippen LogP contribution in [0.3, 0.4) is 0 Å². The lowest BCUT2D eigenvalue weighted by Gasteiger charge is -2.33. The van der Waals surface area contributed by atoms with E-state index in [9.17, 15) is 9.59 Å². The van der Waals surface area contributed by atoms with E-state index in [-0.39, 0.29) is 29.0 Å². The molecule has 2 aromatic heterocycles. The van der Waals surface area contributed by atoms with Crippen LogP contribution in [0.4, 0.5) is 5.95 Å². The Labute approximate surface area is 171 Å². The molecule has 2 aliphatic rings. The molecule has 8 heteroatoms. The van der Waals surface area contributed by atoms with Gasteiger partial charge in [0.05, 0.1) is 11.7 Å². The zero-order valence-electron chi connectivity index (χ0n) is 17.7. The molecule has 0 radical (unpaired) electrons. The molecular weight excluding hydrogens is 368 g/mol. The third-order valence-corrected chi connectivity index (χ3v) is 6.18. The quantitative estimate of drug-likeness (QED) is 0.825. The third kappa shape index (κ3) is 4.16. The molecule has 2 fully saturated rings. The standard InChI is InChI=1S/C21H32N6O2/c1-21(2,3)27-17-16(13-22-27)19(29)25-20(24-17)26-11-9-15(10-12-26)23-18(28)14-7-5-4-6-8-14/h13-15H,4-12H2,1-3H3,(H,23,28)(H,24,25,29). The molecule has 2 aromatic rings. The van der Waals surface area contributed by atoms with E-state index in [1.165, 1.54) is 19.3 Å². The first-order valence-electron chi connectivity index (χ1n) is 10.9. The number of carbonyl (C=O) groups excluding carboxylic acids is 1. The fourth-order valence-electron chi connectivity index (χ4n) is 4.47. The Kier molecular flexibility index (Phi) is 5.36. The Hall–Kier alpha value is -2.38. The van der Waals surface area contributed by atoms with E-state index in [1.807, 2.05) is 20.8 Å². The van der Waals surface area contributed by atoms with Gasteiger partial charge >= 0.3 is 0 Å². The molecule has 0 bridgehead atoms. The third-order valence-electron chi connectivity index (χ3n) is 6.18. The minimum absolute atomic E-state index is 0.159. The van der Waals surface area contributed by atoms with Crippen molar-refractivity contribution in [3.63, 3.8) is 0 Å². The highest BCUT2D eigenvalue weighted by molar-refractivity contribution is 5.79. The number of piperidine rings is 1. The molecule has 1 saturated carbocycles. The van der Waals surface area contributed by atoms with Gasteiger partial charge in [-0.2, -0.15) is 10.1 Å². The lowest BCUT2D eigenvalue weighted by atomic mass is 9.88. The molecule has 8 nitrogen and oxygen atoms in total. The molecule has 2 N–H and O–H groups in total. The Balaban J connectivity index is 1.43. The van der Waals surface area contributed by atoms with E-state index in [4.69, 9.17) is 4.98 Å². The average molecular weight is 401 g/mol. The number of nitrogens with one attached hydrogen (secondary N) is 2. The summed E-state index contributed by atoms with van der Waals surface area (Å²) in [6.45, 7) is 7.65. The minimum atomic E-state index is -0.254. The van der Waals surface area contributed by atoms with E-state index in [0.29, 0.717) is 17.0 Å². The van der Waals surface area contributed by atoms with Crippen LogP contribution in [0.2, 0.25) is 0 Å². The number of nitrogens with zero attached hydrogens (tertiary/aromatic N) is 4. The maximum Gasteiger partial charge on any atom is 0.263 e. The molecule has 1 amide bonds. The molecule has 3 heterocycles. The number of aromatic amines is 1. The van der Waals surface area contributed by atoms with E-state index in [2.05, 4.69) is 20.3 Å². The minimum Gasteiger partial charge on any atom is -0.353 e. The molecule has 1 aliphatic heterocycles. The van der Waals surface area contributed by atoms with Gasteiger partial charge in [0.25, 0.3) is 5.56 Å². The molecule has 4 rings (SSSR count). The van der Waals surface area contributed by atoms with Crippen molar-refractivity contribution >= 4 is 22.9 Å². The van der Waals surface area contributed by atoms with Gasteiger partial charge < -0.3 is 10.2 Å². The van der Waals surface area contributed by atoms with E-state index < -0.39 is 0 Å². The fraction of sp³-hybridized carbons (Fsp3) is 0.714. The second-order valence-corrected chi connectivity index (χ2v) is 9.46. The highest BCUT2D eigenvalue weighted by Crippen LogP contribution is 2.25. The normalized spacial score (nSPS) is 19.6. The summed E-state index contributed by atoms with van der Waals surface area (Å²) in [5.41, 5.74) is 0.202. The second kappa shape index (κ2) is 7.80. The molecule has 0 atom stereocenters. The second-order valence-electron chi connectivity index (χ2n) is 9.46. The Bertz CT molecular complexity index is 927. The van der Waals surface area contributed by atoms with Crippen LogP contribution in [-0.4, -0.2) is 44.8 Å². The number of amides is 1. The Morgan fingerprint density at radius 1 is 1.14 bits per heavy atom. The van der Waals surface area contributed by atoms with Gasteiger partial charge in [-0.3, -0.25) is 14.6 Å². The number of H-pyrrole nitrogens is 1. The zero-order valence-corrected chi connectivity index (χ0v) is 17.7. The molecule has 1 aliphatic carbocycles. The molecule has 0 aromatic carbocycles. The fourth-order valence-corrected chi connectivity index (χ4v) is 4.47. The van der Waals surface area contributed by atoms with Gasteiger partial charge in [-0.05, 0) is 46.5 Å². The van der Waals surface area contributed by atoms with Crippen LogP contribution in [0.25, 0.3) is 11.0 Å². The predicted molar refractivity (Wildman–Crippen MR) is 113 cm³/mol. The van der Waals surface area contributed by atoms with Crippen LogP contribution in [0.5, 0.6) is 0 Å². The van der Waals surface area contributed by atoms with Gasteiger partial charge in [-0.15, -0.1) is 0 Å². The van der Waals surface area contributed by atoms with Crippen molar-refractivity contribution in [2.24, 2.45) is 5.92 Å². The highest BCUT2D eigenvalue weighted by Gasteiger charge is 2.27. The maximum atomic E-state index is 12.5. The molecule has 0 unspecified atom stereocenters. The van der Waals surface area contributed by atoms with Crippen LogP contribution >= 0.6 is 0 Å². The predicted octanol–water partition coefficient (Wildman–Crippen LogP) is 2.54. The summed E-state index contributed by atoms with van der Waals surface area (Å²) in [7, 11) is 0. The Morgan fingerprint density at radius 3 is 2.48 bits per heavy atom. The summed E-state index contributed by atoms with van der Waals surface area (Å²) < 4.78 is 1.80. The summed E-state index contributed by atoms with van der Waals surface area (Å²) >= 11 is 0. The summed E-state index contributed by atoms with van der Waals surface area (Å²) in [5.74, 6) is 1.01. The van der Waals surface area contributed by atoms with Crippen molar-refractivity contribution in [1.82, 2.24) is 25.1 Å². The number of hydrogen-bond acceptors (Lipinski definition) is 5. The van der Waals surface area contributed by atoms with Crippen molar-refractivity contribution in [2.75, 3.05) is 18.0 Å². The van der Waals surface area contributed by atoms with Crippen LogP contribution in [0.15, 0.2) is 11.0 Å². The summed E-state index contributed by atoms with van der Waals surface area (Å²) in [4.78, 5) is 34.8. The van der Waals surface area contributed by atoms with Crippen LogP contribution < -0.4 is 15.8 Å². The van der Waals surface area contributed by atoms with E-state index in [0.717, 1.165) is 38.8 Å². The lowest BCUT2D eigenvalue weighted by Crippen LogP contribution is -2.47. The van der Waals surface area contributed by atoms with Gasteiger partial charge in [0.15, 0.2) is 5.65 Å². The van der Waals surface area contributed by atoms with E-state index >= 15 is 0 Å². The molecule has 29 heavy (non-hydrogen) atoms. The highest BCUT2D eigenvalue weighted by atomic mass is 16.2.